The third-order valence-corrected chi connectivity index (χ3v) is 6.48. The number of rotatable bonds is 6. The number of ether oxygens (including phenoxy) is 2. The molecule has 5 rings (SSSR count). The Balaban J connectivity index is 1.48. The number of hydrogen-bond donors (Lipinski definition) is 2. The van der Waals surface area contributed by atoms with E-state index in [1.165, 1.54) is 6.07 Å². The van der Waals surface area contributed by atoms with Crippen molar-refractivity contribution >= 4 is 28.9 Å². The molecule has 1 spiro atoms. The Morgan fingerprint density at radius 2 is 2.22 bits per heavy atom. The summed E-state index contributed by atoms with van der Waals surface area (Å²) in [4.78, 5) is 11.8. The fraction of sp³-hybridized carbons (Fsp3) is 0.364. The van der Waals surface area contributed by atoms with Crippen LogP contribution < -0.4 is 15.8 Å². The van der Waals surface area contributed by atoms with E-state index in [2.05, 4.69) is 20.6 Å². The molecule has 1 saturated carbocycles. The van der Waals surface area contributed by atoms with Gasteiger partial charge in [-0.25, -0.2) is 0 Å². The van der Waals surface area contributed by atoms with Crippen LogP contribution >= 0.6 is 11.6 Å². The molecule has 2 atom stereocenters. The van der Waals surface area contributed by atoms with Gasteiger partial charge in [-0.3, -0.25) is 9.48 Å². The Morgan fingerprint density at radius 1 is 1.34 bits per heavy atom. The summed E-state index contributed by atoms with van der Waals surface area (Å²) in [6.07, 6.45) is 8.20. The Morgan fingerprint density at radius 3 is 2.91 bits per heavy atom. The summed E-state index contributed by atoms with van der Waals surface area (Å²) in [5, 5.41) is 15.4. The van der Waals surface area contributed by atoms with E-state index in [1.807, 2.05) is 35.3 Å². The van der Waals surface area contributed by atoms with Gasteiger partial charge in [-0.05, 0) is 31.7 Å². The lowest BCUT2D eigenvalue weighted by atomic mass is 9.73. The summed E-state index contributed by atoms with van der Waals surface area (Å²) in [7, 11) is 1.59. The van der Waals surface area contributed by atoms with Crippen molar-refractivity contribution in [3.8, 4) is 16.9 Å². The first kappa shape index (κ1) is 20.7. The van der Waals surface area contributed by atoms with Gasteiger partial charge in [-0.15, -0.1) is 10.2 Å². The quantitative estimate of drug-likeness (QED) is 0.582. The molecule has 1 amide bonds. The molecule has 32 heavy (non-hydrogen) atoms. The van der Waals surface area contributed by atoms with Crippen LogP contribution in [0.4, 0.5) is 11.4 Å². The zero-order chi connectivity index (χ0) is 22.3. The number of aromatic nitrogens is 4. The van der Waals surface area contributed by atoms with E-state index in [1.54, 1.807) is 7.11 Å². The smallest absolute Gasteiger partial charge is 0.271 e. The van der Waals surface area contributed by atoms with Gasteiger partial charge in [0.25, 0.3) is 5.91 Å². The highest BCUT2D eigenvalue weighted by Crippen LogP contribution is 2.51. The van der Waals surface area contributed by atoms with E-state index in [0.717, 1.165) is 43.4 Å². The van der Waals surface area contributed by atoms with E-state index < -0.39 is 5.91 Å². The Hall–Kier alpha value is -3.17. The van der Waals surface area contributed by atoms with Crippen molar-refractivity contribution in [3.05, 3.63) is 47.5 Å². The first-order valence-electron chi connectivity index (χ1n) is 10.5. The van der Waals surface area contributed by atoms with Gasteiger partial charge in [0, 0.05) is 30.0 Å². The standard InChI is InChI=1S/C22H23ClN6O3/c1-31-20-14(13-11-25-29(12-13)17-6-8-22(17)7-3-9-32-22)4-2-5-15(20)26-16-10-18(23)27-28-19(16)21(24)30/h2,4-5,10-12,17H,3,6-9H2,1H3,(H2,24,30)(H,26,27)/t17-,22-/m1/s1. The maximum atomic E-state index is 11.8. The van der Waals surface area contributed by atoms with Crippen LogP contribution in [-0.4, -0.2) is 45.2 Å². The van der Waals surface area contributed by atoms with E-state index in [0.29, 0.717) is 17.1 Å². The van der Waals surface area contributed by atoms with Gasteiger partial charge >= 0.3 is 0 Å². The number of anilines is 2. The number of nitrogens with one attached hydrogen (secondary N) is 1. The number of carbonyl (C=O) groups excluding carboxylic acids is 1. The minimum Gasteiger partial charge on any atom is -0.494 e. The molecule has 0 radical (unpaired) electrons. The van der Waals surface area contributed by atoms with E-state index in [4.69, 9.17) is 26.8 Å². The van der Waals surface area contributed by atoms with Crippen LogP contribution in [0, 0.1) is 0 Å². The summed E-state index contributed by atoms with van der Waals surface area (Å²) in [5.74, 6) is -0.118. The van der Waals surface area contributed by atoms with Crippen molar-refractivity contribution in [1.82, 2.24) is 20.0 Å². The normalized spacial score (nSPS) is 22.0. The SMILES string of the molecule is COc1c(Nc2cc(Cl)nnc2C(N)=O)cccc1-c1cnn([C@@H]2CC[C@]23CCCO3)c1. The van der Waals surface area contributed by atoms with Crippen LogP contribution in [-0.2, 0) is 4.74 Å². The molecule has 10 heteroatoms. The summed E-state index contributed by atoms with van der Waals surface area (Å²) in [6.45, 7) is 0.827. The Bertz CT molecular complexity index is 1170. The molecule has 2 fully saturated rings. The third-order valence-electron chi connectivity index (χ3n) is 6.30. The molecule has 1 aliphatic carbocycles. The van der Waals surface area contributed by atoms with Gasteiger partial charge in [0.2, 0.25) is 0 Å². The fourth-order valence-corrected chi connectivity index (χ4v) is 4.82. The lowest BCUT2D eigenvalue weighted by molar-refractivity contribution is -0.105. The number of carbonyl (C=O) groups is 1. The zero-order valence-electron chi connectivity index (χ0n) is 17.5. The molecule has 1 saturated heterocycles. The van der Waals surface area contributed by atoms with E-state index >= 15 is 0 Å². The molecular weight excluding hydrogens is 432 g/mol. The van der Waals surface area contributed by atoms with Gasteiger partial charge in [0.1, 0.15) is 5.75 Å². The second kappa shape index (κ2) is 8.07. The van der Waals surface area contributed by atoms with Crippen molar-refractivity contribution in [1.29, 1.82) is 0 Å². The van der Waals surface area contributed by atoms with Gasteiger partial charge < -0.3 is 20.5 Å². The second-order valence-corrected chi connectivity index (χ2v) is 8.47. The van der Waals surface area contributed by atoms with Gasteiger partial charge in [0.15, 0.2) is 10.8 Å². The van der Waals surface area contributed by atoms with Gasteiger partial charge in [0.05, 0.1) is 36.3 Å². The number of amides is 1. The van der Waals surface area contributed by atoms with Crippen LogP contribution in [0.2, 0.25) is 5.15 Å². The molecule has 2 aliphatic rings. The third kappa shape index (κ3) is 3.47. The van der Waals surface area contributed by atoms with Crippen molar-refractivity contribution < 1.29 is 14.3 Å². The molecule has 3 heterocycles. The zero-order valence-corrected chi connectivity index (χ0v) is 18.3. The molecular formula is C22H23ClN6O3. The highest BCUT2D eigenvalue weighted by Gasteiger charge is 2.51. The van der Waals surface area contributed by atoms with Crippen LogP contribution in [0.1, 0.15) is 42.2 Å². The first-order chi connectivity index (χ1) is 15.5. The predicted octanol–water partition coefficient (Wildman–Crippen LogP) is 3.73. The fourth-order valence-electron chi connectivity index (χ4n) is 4.67. The summed E-state index contributed by atoms with van der Waals surface area (Å²) in [5.41, 5.74) is 8.12. The number of primary amides is 1. The number of methoxy groups -OCH3 is 1. The minimum absolute atomic E-state index is 0.0125. The van der Waals surface area contributed by atoms with Crippen molar-refractivity contribution in [2.75, 3.05) is 19.0 Å². The lowest BCUT2D eigenvalue weighted by Crippen LogP contribution is -2.47. The molecule has 2 aromatic heterocycles. The summed E-state index contributed by atoms with van der Waals surface area (Å²) in [6, 6.07) is 7.44. The van der Waals surface area contributed by atoms with Crippen LogP contribution in [0.5, 0.6) is 5.75 Å². The maximum Gasteiger partial charge on any atom is 0.271 e. The van der Waals surface area contributed by atoms with Crippen LogP contribution in [0.15, 0.2) is 36.7 Å². The molecule has 1 aromatic carbocycles. The van der Waals surface area contributed by atoms with Gasteiger partial charge in [-0.1, -0.05) is 23.7 Å². The number of nitrogens with zero attached hydrogens (tertiary/aromatic N) is 4. The van der Waals surface area contributed by atoms with Crippen LogP contribution in [0.25, 0.3) is 11.1 Å². The van der Waals surface area contributed by atoms with Crippen molar-refractivity contribution in [2.24, 2.45) is 5.73 Å². The molecule has 3 aromatic rings. The molecule has 1 aliphatic heterocycles. The maximum absolute atomic E-state index is 11.8. The monoisotopic (exact) mass is 454 g/mol. The number of benzene rings is 1. The molecule has 166 valence electrons. The molecule has 0 bridgehead atoms. The molecule has 9 nitrogen and oxygen atoms in total. The number of nitrogens with two attached hydrogens (primary N) is 1. The molecule has 0 unspecified atom stereocenters. The highest BCUT2D eigenvalue weighted by atomic mass is 35.5. The lowest BCUT2D eigenvalue weighted by Gasteiger charge is -2.45. The minimum atomic E-state index is -0.711. The number of para-hydroxylation sites is 1. The van der Waals surface area contributed by atoms with E-state index in [-0.39, 0.29) is 22.5 Å². The summed E-state index contributed by atoms with van der Waals surface area (Å²) >= 11 is 5.97. The highest BCUT2D eigenvalue weighted by molar-refractivity contribution is 6.29. The van der Waals surface area contributed by atoms with Crippen molar-refractivity contribution in [3.63, 3.8) is 0 Å². The predicted molar refractivity (Wildman–Crippen MR) is 119 cm³/mol. The average Bonchev–Trinajstić information content (AvgIpc) is 3.44. The van der Waals surface area contributed by atoms with Crippen molar-refractivity contribution in [2.45, 2.75) is 37.3 Å². The van der Waals surface area contributed by atoms with Crippen LogP contribution in [0.3, 0.4) is 0 Å². The topological polar surface area (TPSA) is 117 Å². The Kier molecular flexibility index (Phi) is 5.22. The largest absolute Gasteiger partial charge is 0.494 e. The second-order valence-electron chi connectivity index (χ2n) is 8.09. The average molecular weight is 455 g/mol. The summed E-state index contributed by atoms with van der Waals surface area (Å²) < 4.78 is 13.8. The number of halogens is 1. The first-order valence-corrected chi connectivity index (χ1v) is 10.8. The number of hydrogen-bond acceptors (Lipinski definition) is 7. The van der Waals surface area contributed by atoms with E-state index in [9.17, 15) is 4.79 Å². The van der Waals surface area contributed by atoms with Gasteiger partial charge in [-0.2, -0.15) is 5.10 Å². The molecule has 3 N–H and O–H groups in total. The Labute approximate surface area is 189 Å².